The lowest BCUT2D eigenvalue weighted by Gasteiger charge is -2.35. The molecule has 3 rings (SSSR count). The van der Waals surface area contributed by atoms with Crippen LogP contribution in [0.15, 0.2) is 23.4 Å². The first-order valence-electron chi connectivity index (χ1n) is 8.42. The van der Waals surface area contributed by atoms with E-state index in [0.29, 0.717) is 18.0 Å². The second kappa shape index (κ2) is 5.28. The number of likely N-dealkylation sites (tertiary alicyclic amines) is 1. The lowest BCUT2D eigenvalue weighted by Crippen LogP contribution is -2.41. The Bertz CT molecular complexity index is 497. The van der Waals surface area contributed by atoms with Gasteiger partial charge in [0.15, 0.2) is 0 Å². The summed E-state index contributed by atoms with van der Waals surface area (Å²) in [5, 5.41) is 0. The maximum Gasteiger partial charge on any atom is 0.233 e. The second-order valence-corrected chi connectivity index (χ2v) is 7.37. The van der Waals surface area contributed by atoms with Crippen molar-refractivity contribution in [2.45, 2.75) is 77.3 Å². The monoisotopic (exact) mass is 288 g/mol. The van der Waals surface area contributed by atoms with Gasteiger partial charge in [0.1, 0.15) is 0 Å². The molecule has 3 heteroatoms. The van der Waals surface area contributed by atoms with Crippen LogP contribution in [0, 0.1) is 5.41 Å². The predicted molar refractivity (Wildman–Crippen MR) is 85.5 cm³/mol. The van der Waals surface area contributed by atoms with Crippen molar-refractivity contribution in [3.05, 3.63) is 23.4 Å². The first kappa shape index (κ1) is 14.8. The zero-order valence-electron chi connectivity index (χ0n) is 13.5. The first-order chi connectivity index (χ1) is 9.94. The van der Waals surface area contributed by atoms with Gasteiger partial charge in [-0.05, 0) is 70.8 Å². The number of hydrogen-bond donors (Lipinski definition) is 1. The van der Waals surface area contributed by atoms with Crippen molar-refractivity contribution in [3.63, 3.8) is 0 Å². The molecule has 1 saturated carbocycles. The van der Waals surface area contributed by atoms with Gasteiger partial charge in [0.25, 0.3) is 0 Å². The van der Waals surface area contributed by atoms with Crippen molar-refractivity contribution in [1.29, 1.82) is 0 Å². The fourth-order valence-electron chi connectivity index (χ4n) is 4.55. The molecule has 0 bridgehead atoms. The minimum Gasteiger partial charge on any atom is -0.328 e. The van der Waals surface area contributed by atoms with E-state index in [-0.39, 0.29) is 5.41 Å². The lowest BCUT2D eigenvalue weighted by atomic mass is 9.71. The Morgan fingerprint density at radius 2 is 1.95 bits per heavy atom. The molecule has 1 amide bonds. The molecule has 2 aliphatic carbocycles. The second-order valence-electron chi connectivity index (χ2n) is 7.37. The molecule has 0 aromatic carbocycles. The third-order valence-electron chi connectivity index (χ3n) is 5.93. The number of nitrogens with two attached hydrogens (primary N) is 1. The van der Waals surface area contributed by atoms with Crippen LogP contribution in [0.5, 0.6) is 0 Å². The summed E-state index contributed by atoms with van der Waals surface area (Å²) in [5.41, 5.74) is 9.63. The van der Waals surface area contributed by atoms with Gasteiger partial charge in [-0.2, -0.15) is 0 Å². The molecule has 1 heterocycles. The highest BCUT2D eigenvalue weighted by Crippen LogP contribution is 2.49. The summed E-state index contributed by atoms with van der Waals surface area (Å²) < 4.78 is 0. The van der Waals surface area contributed by atoms with Crippen molar-refractivity contribution < 1.29 is 4.79 Å². The largest absolute Gasteiger partial charge is 0.328 e. The average molecular weight is 288 g/mol. The molecule has 0 radical (unpaired) electrons. The summed E-state index contributed by atoms with van der Waals surface area (Å²) in [4.78, 5) is 15.3. The normalized spacial score (nSPS) is 37.8. The van der Waals surface area contributed by atoms with Gasteiger partial charge in [-0.1, -0.05) is 12.2 Å². The van der Waals surface area contributed by atoms with Crippen LogP contribution in [-0.4, -0.2) is 22.9 Å². The van der Waals surface area contributed by atoms with E-state index in [4.69, 9.17) is 5.73 Å². The highest BCUT2D eigenvalue weighted by molar-refractivity contribution is 5.87. The van der Waals surface area contributed by atoms with Crippen molar-refractivity contribution in [3.8, 4) is 0 Å². The summed E-state index contributed by atoms with van der Waals surface area (Å²) in [7, 11) is 0. The molecule has 21 heavy (non-hydrogen) atoms. The Morgan fingerprint density at radius 3 is 2.62 bits per heavy atom. The molecule has 0 aromatic heterocycles. The van der Waals surface area contributed by atoms with Crippen LogP contribution in [0.2, 0.25) is 0 Å². The predicted octanol–water partition coefficient (Wildman–Crippen LogP) is 3.51. The minimum atomic E-state index is -0.124. The van der Waals surface area contributed by atoms with E-state index < -0.39 is 0 Å². The molecule has 0 unspecified atom stereocenters. The van der Waals surface area contributed by atoms with Crippen LogP contribution in [0.25, 0.3) is 0 Å². The molecule has 1 spiro atoms. The van der Waals surface area contributed by atoms with Gasteiger partial charge in [0.2, 0.25) is 5.91 Å². The molecule has 2 fully saturated rings. The van der Waals surface area contributed by atoms with E-state index in [1.165, 1.54) is 16.8 Å². The van der Waals surface area contributed by atoms with Gasteiger partial charge in [-0.15, -0.1) is 0 Å². The van der Waals surface area contributed by atoms with Gasteiger partial charge in [-0.3, -0.25) is 4.79 Å². The maximum absolute atomic E-state index is 13.2. The van der Waals surface area contributed by atoms with E-state index in [9.17, 15) is 4.79 Å². The van der Waals surface area contributed by atoms with Gasteiger partial charge in [0, 0.05) is 17.8 Å². The van der Waals surface area contributed by atoms with Crippen LogP contribution in [0.1, 0.15) is 65.2 Å². The Morgan fingerprint density at radius 1 is 1.29 bits per heavy atom. The fourth-order valence-corrected chi connectivity index (χ4v) is 4.55. The Labute approximate surface area is 128 Å². The van der Waals surface area contributed by atoms with Crippen LogP contribution < -0.4 is 5.73 Å². The number of carbonyl (C=O) groups excluding carboxylic acids is 1. The van der Waals surface area contributed by atoms with Crippen molar-refractivity contribution in [2.24, 2.45) is 11.1 Å². The zero-order chi connectivity index (χ0) is 15.2. The van der Waals surface area contributed by atoms with E-state index in [1.807, 2.05) is 0 Å². The third-order valence-corrected chi connectivity index (χ3v) is 5.93. The van der Waals surface area contributed by atoms with Crippen LogP contribution in [-0.2, 0) is 4.79 Å². The molecular formula is C18H28N2O. The summed E-state index contributed by atoms with van der Waals surface area (Å²) in [5.74, 6) is 0.367. The van der Waals surface area contributed by atoms with E-state index in [1.54, 1.807) is 0 Å². The van der Waals surface area contributed by atoms with Gasteiger partial charge in [-0.25, -0.2) is 0 Å². The standard InChI is InChI=1S/C18H28N2O/c1-12-5-4-6-16(14(12)3)20-13(2)11-18(17(20)21)9-7-15(19)8-10-18/h13,15H,1,4-11,19H2,2-3H3/t13-,15?,18?/m1/s1. The Kier molecular flexibility index (Phi) is 3.73. The number of allylic oxidation sites excluding steroid dienone is 3. The number of amides is 1. The number of nitrogens with zero attached hydrogens (tertiary/aromatic N) is 1. The third kappa shape index (κ3) is 2.36. The lowest BCUT2D eigenvalue weighted by molar-refractivity contribution is -0.136. The topological polar surface area (TPSA) is 46.3 Å². The molecule has 3 aliphatic rings. The number of carbonyl (C=O) groups is 1. The fraction of sp³-hybridized carbons (Fsp3) is 0.722. The van der Waals surface area contributed by atoms with Gasteiger partial charge < -0.3 is 10.6 Å². The molecule has 0 aromatic rings. The molecule has 1 aliphatic heterocycles. The van der Waals surface area contributed by atoms with Gasteiger partial charge >= 0.3 is 0 Å². The maximum atomic E-state index is 13.2. The molecule has 116 valence electrons. The quantitative estimate of drug-likeness (QED) is 0.802. The molecule has 2 N–H and O–H groups in total. The Hall–Kier alpha value is -1.09. The molecule has 1 atom stereocenters. The van der Waals surface area contributed by atoms with Crippen LogP contribution in [0.4, 0.5) is 0 Å². The molecular weight excluding hydrogens is 260 g/mol. The first-order valence-corrected chi connectivity index (χ1v) is 8.42. The van der Waals surface area contributed by atoms with E-state index in [2.05, 4.69) is 25.3 Å². The highest BCUT2D eigenvalue weighted by Gasteiger charge is 2.52. The summed E-state index contributed by atoms with van der Waals surface area (Å²) >= 11 is 0. The van der Waals surface area contributed by atoms with Gasteiger partial charge in [0.05, 0.1) is 5.41 Å². The number of rotatable bonds is 1. The summed E-state index contributed by atoms with van der Waals surface area (Å²) in [6, 6.07) is 0.617. The van der Waals surface area contributed by atoms with E-state index >= 15 is 0 Å². The number of hydrogen-bond acceptors (Lipinski definition) is 2. The summed E-state index contributed by atoms with van der Waals surface area (Å²) in [6.07, 6.45) is 8.17. The Balaban J connectivity index is 1.89. The van der Waals surface area contributed by atoms with E-state index in [0.717, 1.165) is 51.4 Å². The van der Waals surface area contributed by atoms with Crippen molar-refractivity contribution in [2.75, 3.05) is 0 Å². The highest BCUT2D eigenvalue weighted by atomic mass is 16.2. The zero-order valence-corrected chi connectivity index (χ0v) is 13.5. The van der Waals surface area contributed by atoms with Crippen LogP contribution >= 0.6 is 0 Å². The summed E-state index contributed by atoms with van der Waals surface area (Å²) in [6.45, 7) is 8.51. The SMILES string of the molecule is C=C1CCCC(N2C(=O)C3(CCC(N)CC3)C[C@H]2C)=C1C. The van der Waals surface area contributed by atoms with Crippen molar-refractivity contribution in [1.82, 2.24) is 4.90 Å². The average Bonchev–Trinajstić information content (AvgIpc) is 2.69. The minimum absolute atomic E-state index is 0.124. The smallest absolute Gasteiger partial charge is 0.233 e. The molecule has 1 saturated heterocycles. The van der Waals surface area contributed by atoms with Crippen molar-refractivity contribution >= 4 is 5.91 Å². The molecule has 3 nitrogen and oxygen atoms in total. The van der Waals surface area contributed by atoms with Crippen LogP contribution in [0.3, 0.4) is 0 Å².